The van der Waals surface area contributed by atoms with Crippen molar-refractivity contribution in [1.82, 2.24) is 9.80 Å². The van der Waals surface area contributed by atoms with E-state index in [0.29, 0.717) is 0 Å². The molecule has 0 aliphatic carbocycles. The zero-order valence-electron chi connectivity index (χ0n) is 14.0. The lowest BCUT2D eigenvalue weighted by Crippen LogP contribution is -2.31. The monoisotopic (exact) mass is 316 g/mol. The van der Waals surface area contributed by atoms with Gasteiger partial charge in [0, 0.05) is 25.2 Å². The van der Waals surface area contributed by atoms with Gasteiger partial charge in [0.2, 0.25) is 0 Å². The first-order valence-electron chi connectivity index (χ1n) is 9.07. The van der Waals surface area contributed by atoms with Crippen molar-refractivity contribution in [3.63, 3.8) is 0 Å². The Bertz CT molecular complexity index is 489. The second kappa shape index (κ2) is 8.34. The second-order valence-electron chi connectivity index (χ2n) is 6.63. The van der Waals surface area contributed by atoms with Crippen molar-refractivity contribution >= 4 is 5.91 Å². The van der Waals surface area contributed by atoms with E-state index in [0.717, 1.165) is 56.8 Å². The molecule has 0 radical (unpaired) electrons. The Morgan fingerprint density at radius 1 is 0.913 bits per heavy atom. The number of hydrogen-bond donors (Lipinski definition) is 0. The van der Waals surface area contributed by atoms with Gasteiger partial charge in [-0.25, -0.2) is 0 Å². The van der Waals surface area contributed by atoms with Crippen LogP contribution in [0.4, 0.5) is 0 Å². The van der Waals surface area contributed by atoms with E-state index in [1.54, 1.807) is 0 Å². The summed E-state index contributed by atoms with van der Waals surface area (Å²) >= 11 is 0. The number of piperidine rings is 1. The molecule has 2 aliphatic heterocycles. The summed E-state index contributed by atoms with van der Waals surface area (Å²) in [6.07, 6.45) is 7.39. The molecule has 0 spiro atoms. The van der Waals surface area contributed by atoms with Crippen LogP contribution in [0.3, 0.4) is 0 Å². The highest BCUT2D eigenvalue weighted by atomic mass is 16.5. The van der Waals surface area contributed by atoms with Crippen LogP contribution in [-0.4, -0.2) is 55.0 Å². The highest BCUT2D eigenvalue weighted by molar-refractivity contribution is 5.94. The van der Waals surface area contributed by atoms with Gasteiger partial charge in [0.15, 0.2) is 0 Å². The molecule has 0 bridgehead atoms. The molecule has 0 N–H and O–H groups in total. The predicted molar refractivity (Wildman–Crippen MR) is 92.0 cm³/mol. The van der Waals surface area contributed by atoms with E-state index in [-0.39, 0.29) is 5.91 Å². The Balaban J connectivity index is 1.39. The largest absolute Gasteiger partial charge is 0.494 e. The number of benzene rings is 1. The van der Waals surface area contributed by atoms with Gasteiger partial charge in [0.1, 0.15) is 5.75 Å². The number of amides is 1. The standard InChI is InChI=1S/C19H28N2O2/c22-19(21-14-4-5-15-21)17-7-9-18(10-8-17)23-16-6-13-20-11-2-1-3-12-20/h7-10H,1-6,11-16H2. The van der Waals surface area contributed by atoms with E-state index in [2.05, 4.69) is 4.90 Å². The molecule has 1 aromatic carbocycles. The molecule has 126 valence electrons. The molecule has 1 aromatic rings. The minimum atomic E-state index is 0.152. The Hall–Kier alpha value is -1.55. The SMILES string of the molecule is O=C(c1ccc(OCCCN2CCCCC2)cc1)N1CCCC1. The maximum Gasteiger partial charge on any atom is 0.253 e. The maximum absolute atomic E-state index is 12.3. The molecule has 0 saturated carbocycles. The summed E-state index contributed by atoms with van der Waals surface area (Å²) in [5, 5.41) is 0. The summed E-state index contributed by atoms with van der Waals surface area (Å²) in [6, 6.07) is 7.62. The third-order valence-corrected chi connectivity index (χ3v) is 4.83. The predicted octanol–water partition coefficient (Wildman–Crippen LogP) is 3.18. The van der Waals surface area contributed by atoms with Gasteiger partial charge in [-0.05, 0) is 69.5 Å². The van der Waals surface area contributed by atoms with E-state index < -0.39 is 0 Å². The lowest BCUT2D eigenvalue weighted by molar-refractivity contribution is 0.0793. The quantitative estimate of drug-likeness (QED) is 0.756. The zero-order chi connectivity index (χ0) is 15.9. The summed E-state index contributed by atoms with van der Waals surface area (Å²) in [6.45, 7) is 6.16. The molecule has 3 rings (SSSR count). The van der Waals surface area contributed by atoms with E-state index in [9.17, 15) is 4.79 Å². The van der Waals surface area contributed by atoms with Crippen LogP contribution < -0.4 is 4.74 Å². The molecule has 0 unspecified atom stereocenters. The van der Waals surface area contributed by atoms with E-state index in [1.165, 1.54) is 32.4 Å². The molecule has 2 fully saturated rings. The minimum Gasteiger partial charge on any atom is -0.494 e. The molecule has 23 heavy (non-hydrogen) atoms. The van der Waals surface area contributed by atoms with Crippen LogP contribution in [0.5, 0.6) is 5.75 Å². The molecule has 0 aromatic heterocycles. The summed E-state index contributed by atoms with van der Waals surface area (Å²) < 4.78 is 5.81. The molecule has 2 aliphatic rings. The highest BCUT2D eigenvalue weighted by Gasteiger charge is 2.19. The maximum atomic E-state index is 12.3. The van der Waals surface area contributed by atoms with E-state index in [1.807, 2.05) is 29.2 Å². The van der Waals surface area contributed by atoms with Crippen LogP contribution in [0.1, 0.15) is 48.9 Å². The smallest absolute Gasteiger partial charge is 0.253 e. The third-order valence-electron chi connectivity index (χ3n) is 4.83. The van der Waals surface area contributed by atoms with Crippen LogP contribution in [0, 0.1) is 0 Å². The van der Waals surface area contributed by atoms with Gasteiger partial charge in [-0.2, -0.15) is 0 Å². The Morgan fingerprint density at radius 3 is 2.26 bits per heavy atom. The molecule has 1 amide bonds. The molecule has 0 atom stereocenters. The third kappa shape index (κ3) is 4.71. The average molecular weight is 316 g/mol. The number of rotatable bonds is 6. The van der Waals surface area contributed by atoms with Gasteiger partial charge < -0.3 is 14.5 Å². The molecule has 4 nitrogen and oxygen atoms in total. The van der Waals surface area contributed by atoms with Crippen molar-refractivity contribution in [2.75, 3.05) is 39.3 Å². The van der Waals surface area contributed by atoms with Crippen LogP contribution in [0.15, 0.2) is 24.3 Å². The lowest BCUT2D eigenvalue weighted by atomic mass is 10.1. The molecule has 2 saturated heterocycles. The van der Waals surface area contributed by atoms with Gasteiger partial charge in [-0.1, -0.05) is 6.42 Å². The number of hydrogen-bond acceptors (Lipinski definition) is 3. The Labute approximate surface area is 139 Å². The van der Waals surface area contributed by atoms with Crippen molar-refractivity contribution in [3.8, 4) is 5.75 Å². The normalized spacial score (nSPS) is 19.0. The van der Waals surface area contributed by atoms with Crippen molar-refractivity contribution in [2.24, 2.45) is 0 Å². The first-order valence-corrected chi connectivity index (χ1v) is 9.07. The number of nitrogens with zero attached hydrogens (tertiary/aromatic N) is 2. The van der Waals surface area contributed by atoms with Crippen molar-refractivity contribution < 1.29 is 9.53 Å². The molecular weight excluding hydrogens is 288 g/mol. The average Bonchev–Trinajstić information content (AvgIpc) is 3.14. The van der Waals surface area contributed by atoms with Gasteiger partial charge in [0.05, 0.1) is 6.61 Å². The van der Waals surface area contributed by atoms with Crippen molar-refractivity contribution in [3.05, 3.63) is 29.8 Å². The fourth-order valence-corrected chi connectivity index (χ4v) is 3.46. The number of ether oxygens (including phenoxy) is 1. The van der Waals surface area contributed by atoms with E-state index in [4.69, 9.17) is 4.74 Å². The molecular formula is C19H28N2O2. The van der Waals surface area contributed by atoms with Gasteiger partial charge >= 0.3 is 0 Å². The van der Waals surface area contributed by atoms with Crippen molar-refractivity contribution in [2.45, 2.75) is 38.5 Å². The van der Waals surface area contributed by atoms with Crippen LogP contribution in [0.2, 0.25) is 0 Å². The first kappa shape index (κ1) is 16.3. The topological polar surface area (TPSA) is 32.8 Å². The Morgan fingerprint density at radius 2 is 1.57 bits per heavy atom. The van der Waals surface area contributed by atoms with Crippen molar-refractivity contribution in [1.29, 1.82) is 0 Å². The summed E-state index contributed by atoms with van der Waals surface area (Å²) in [5.41, 5.74) is 0.771. The number of carbonyl (C=O) groups excluding carboxylic acids is 1. The zero-order valence-corrected chi connectivity index (χ0v) is 14.0. The van der Waals surface area contributed by atoms with Crippen LogP contribution in [-0.2, 0) is 0 Å². The summed E-state index contributed by atoms with van der Waals surface area (Å²) in [7, 11) is 0. The summed E-state index contributed by atoms with van der Waals surface area (Å²) in [4.78, 5) is 16.7. The lowest BCUT2D eigenvalue weighted by Gasteiger charge is -2.26. The number of carbonyl (C=O) groups is 1. The fraction of sp³-hybridized carbons (Fsp3) is 0.632. The Kier molecular flexibility index (Phi) is 5.92. The first-order chi connectivity index (χ1) is 11.3. The van der Waals surface area contributed by atoms with Gasteiger partial charge in [0.25, 0.3) is 5.91 Å². The molecule has 2 heterocycles. The fourth-order valence-electron chi connectivity index (χ4n) is 3.46. The van der Waals surface area contributed by atoms with Crippen LogP contribution in [0.25, 0.3) is 0 Å². The van der Waals surface area contributed by atoms with Crippen LogP contribution >= 0.6 is 0 Å². The summed E-state index contributed by atoms with van der Waals surface area (Å²) in [5.74, 6) is 1.01. The van der Waals surface area contributed by atoms with E-state index >= 15 is 0 Å². The van der Waals surface area contributed by atoms with Gasteiger partial charge in [-0.3, -0.25) is 4.79 Å². The minimum absolute atomic E-state index is 0.152. The molecule has 4 heteroatoms. The van der Waals surface area contributed by atoms with Gasteiger partial charge in [-0.15, -0.1) is 0 Å². The second-order valence-corrected chi connectivity index (χ2v) is 6.63. The highest BCUT2D eigenvalue weighted by Crippen LogP contribution is 2.17. The number of likely N-dealkylation sites (tertiary alicyclic amines) is 2.